The molecule has 3 aromatic rings. The maximum atomic E-state index is 13.0. The number of aromatic nitrogens is 2. The smallest absolute Gasteiger partial charge is 0.328 e. The first-order valence-electron chi connectivity index (χ1n) is 9.56. The van der Waals surface area contributed by atoms with Crippen molar-refractivity contribution in [3.05, 3.63) is 52.4 Å². The van der Waals surface area contributed by atoms with Gasteiger partial charge in [-0.25, -0.2) is 13.2 Å². The SMILES string of the molecule is CCOc1ccccc1C(=O)Nc1cc2c(cc1S(=O)(=O)C(C)C)n(C)c(=O)n2C. The van der Waals surface area contributed by atoms with E-state index < -0.39 is 21.0 Å². The van der Waals surface area contributed by atoms with Gasteiger partial charge >= 0.3 is 5.69 Å². The predicted octanol–water partition coefficient (Wildman–Crippen LogP) is 2.71. The van der Waals surface area contributed by atoms with Gasteiger partial charge in [-0.2, -0.15) is 0 Å². The molecule has 9 heteroatoms. The number of hydrogen-bond donors (Lipinski definition) is 1. The molecule has 0 aliphatic heterocycles. The van der Waals surface area contributed by atoms with Crippen molar-refractivity contribution in [2.24, 2.45) is 14.1 Å². The van der Waals surface area contributed by atoms with Crippen LogP contribution >= 0.6 is 0 Å². The molecule has 0 aliphatic carbocycles. The molecule has 1 N–H and O–H groups in total. The van der Waals surface area contributed by atoms with Crippen molar-refractivity contribution in [3.63, 3.8) is 0 Å². The zero-order valence-corrected chi connectivity index (χ0v) is 18.4. The molecule has 0 saturated heterocycles. The summed E-state index contributed by atoms with van der Waals surface area (Å²) in [5, 5.41) is 2.01. The van der Waals surface area contributed by atoms with E-state index in [4.69, 9.17) is 4.74 Å². The minimum absolute atomic E-state index is 0.0339. The summed E-state index contributed by atoms with van der Waals surface area (Å²) in [5.41, 5.74) is 1.10. The topological polar surface area (TPSA) is 99.4 Å². The fraction of sp³-hybridized carbons (Fsp3) is 0.333. The summed E-state index contributed by atoms with van der Waals surface area (Å²) in [6.07, 6.45) is 0. The number of carbonyl (C=O) groups excluding carboxylic acids is 1. The van der Waals surface area contributed by atoms with Crippen LogP contribution in [0.4, 0.5) is 5.69 Å². The van der Waals surface area contributed by atoms with Crippen LogP contribution in [0.25, 0.3) is 11.0 Å². The molecule has 1 aromatic heterocycles. The molecule has 0 unspecified atom stereocenters. The van der Waals surface area contributed by atoms with E-state index in [-0.39, 0.29) is 21.8 Å². The Labute approximate surface area is 175 Å². The molecule has 0 radical (unpaired) electrons. The van der Waals surface area contributed by atoms with E-state index in [2.05, 4.69) is 5.32 Å². The minimum Gasteiger partial charge on any atom is -0.493 e. The molecular formula is C21H25N3O5S. The third-order valence-corrected chi connectivity index (χ3v) is 7.17. The van der Waals surface area contributed by atoms with Crippen molar-refractivity contribution in [3.8, 4) is 5.75 Å². The zero-order chi connectivity index (χ0) is 22.2. The standard InChI is InChI=1S/C21H25N3O5S/c1-6-29-18-10-8-7-9-14(18)20(25)22-15-11-16-17(24(5)21(26)23(16)4)12-19(15)30(27,28)13(2)3/h7-13H,6H2,1-5H3,(H,22,25). The van der Waals surface area contributed by atoms with E-state index in [0.717, 1.165) is 0 Å². The largest absolute Gasteiger partial charge is 0.493 e. The molecule has 160 valence electrons. The molecule has 0 saturated carbocycles. The summed E-state index contributed by atoms with van der Waals surface area (Å²) in [4.78, 5) is 25.3. The number of imidazole rings is 1. The van der Waals surface area contributed by atoms with Gasteiger partial charge in [-0.05, 0) is 45.0 Å². The first-order valence-corrected chi connectivity index (χ1v) is 11.1. The number of hydrogen-bond acceptors (Lipinski definition) is 5. The van der Waals surface area contributed by atoms with Crippen LogP contribution < -0.4 is 15.7 Å². The second-order valence-corrected chi connectivity index (χ2v) is 9.69. The molecule has 0 fully saturated rings. The highest BCUT2D eigenvalue weighted by Crippen LogP contribution is 2.31. The number of anilines is 1. The Bertz CT molecular complexity index is 1290. The quantitative estimate of drug-likeness (QED) is 0.647. The number of benzene rings is 2. The van der Waals surface area contributed by atoms with Gasteiger partial charge in [-0.3, -0.25) is 13.9 Å². The van der Waals surface area contributed by atoms with Crippen LogP contribution in [-0.4, -0.2) is 35.3 Å². The maximum absolute atomic E-state index is 13.0. The van der Waals surface area contributed by atoms with Crippen LogP contribution in [0.5, 0.6) is 5.75 Å². The number of nitrogens with zero attached hydrogens (tertiary/aromatic N) is 2. The second-order valence-electron chi connectivity index (χ2n) is 7.21. The molecule has 1 amide bonds. The number of rotatable bonds is 6. The number of fused-ring (bicyclic) bond motifs is 1. The van der Waals surface area contributed by atoms with E-state index in [0.29, 0.717) is 23.4 Å². The Kier molecular flexibility index (Phi) is 5.76. The highest BCUT2D eigenvalue weighted by Gasteiger charge is 2.26. The molecule has 0 bridgehead atoms. The summed E-state index contributed by atoms with van der Waals surface area (Å²) in [6, 6.07) is 9.70. The van der Waals surface area contributed by atoms with E-state index in [9.17, 15) is 18.0 Å². The molecular weight excluding hydrogens is 406 g/mol. The number of amides is 1. The Balaban J connectivity index is 2.20. The van der Waals surface area contributed by atoms with Gasteiger partial charge in [0.25, 0.3) is 5.91 Å². The van der Waals surface area contributed by atoms with Crippen LogP contribution in [-0.2, 0) is 23.9 Å². The van der Waals surface area contributed by atoms with Gasteiger partial charge in [0, 0.05) is 14.1 Å². The highest BCUT2D eigenvalue weighted by atomic mass is 32.2. The number of para-hydroxylation sites is 1. The van der Waals surface area contributed by atoms with Crippen molar-refractivity contribution < 1.29 is 17.9 Å². The lowest BCUT2D eigenvalue weighted by Crippen LogP contribution is -2.19. The summed E-state index contributed by atoms with van der Waals surface area (Å²) in [6.45, 7) is 5.33. The van der Waals surface area contributed by atoms with E-state index in [1.807, 2.05) is 6.92 Å². The van der Waals surface area contributed by atoms with Gasteiger partial charge in [0.1, 0.15) is 5.75 Å². The monoisotopic (exact) mass is 431 g/mol. The lowest BCUT2D eigenvalue weighted by molar-refractivity contribution is 0.102. The van der Waals surface area contributed by atoms with Crippen LogP contribution in [0.15, 0.2) is 46.1 Å². The number of sulfone groups is 1. The van der Waals surface area contributed by atoms with Gasteiger partial charge in [0.05, 0.1) is 39.0 Å². The molecule has 1 heterocycles. The Morgan fingerprint density at radius 1 is 1.10 bits per heavy atom. The average Bonchev–Trinajstić information content (AvgIpc) is 2.91. The van der Waals surface area contributed by atoms with Crippen LogP contribution in [0, 0.1) is 0 Å². The number of carbonyl (C=O) groups is 1. The van der Waals surface area contributed by atoms with Crippen molar-refractivity contribution in [2.75, 3.05) is 11.9 Å². The maximum Gasteiger partial charge on any atom is 0.328 e. The van der Waals surface area contributed by atoms with Gasteiger partial charge in [-0.1, -0.05) is 12.1 Å². The molecule has 0 aliphatic rings. The zero-order valence-electron chi connectivity index (χ0n) is 17.6. The lowest BCUT2D eigenvalue weighted by atomic mass is 10.1. The van der Waals surface area contributed by atoms with Gasteiger partial charge in [-0.15, -0.1) is 0 Å². The Hall–Kier alpha value is -3.07. The lowest BCUT2D eigenvalue weighted by Gasteiger charge is -2.16. The Morgan fingerprint density at radius 3 is 2.30 bits per heavy atom. The number of ether oxygens (including phenoxy) is 1. The third-order valence-electron chi connectivity index (χ3n) is 4.98. The van der Waals surface area contributed by atoms with E-state index in [1.165, 1.54) is 21.3 Å². The predicted molar refractivity (Wildman–Crippen MR) is 116 cm³/mol. The highest BCUT2D eigenvalue weighted by molar-refractivity contribution is 7.92. The molecule has 0 spiro atoms. The van der Waals surface area contributed by atoms with Crippen molar-refractivity contribution in [2.45, 2.75) is 30.9 Å². The summed E-state index contributed by atoms with van der Waals surface area (Å²) >= 11 is 0. The average molecular weight is 432 g/mol. The molecule has 0 atom stereocenters. The number of nitrogens with one attached hydrogen (secondary N) is 1. The summed E-state index contributed by atoms with van der Waals surface area (Å²) in [7, 11) is -0.567. The van der Waals surface area contributed by atoms with Crippen molar-refractivity contribution >= 4 is 32.5 Å². The molecule has 2 aromatic carbocycles. The van der Waals surface area contributed by atoms with Crippen LogP contribution in [0.1, 0.15) is 31.1 Å². The molecule has 30 heavy (non-hydrogen) atoms. The first kappa shape index (κ1) is 21.6. The first-order chi connectivity index (χ1) is 14.1. The second kappa shape index (κ2) is 7.98. The van der Waals surface area contributed by atoms with E-state index in [1.54, 1.807) is 52.2 Å². The number of aryl methyl sites for hydroxylation is 2. The molecule has 3 rings (SSSR count). The summed E-state index contributed by atoms with van der Waals surface area (Å²) in [5.74, 6) is -0.0986. The van der Waals surface area contributed by atoms with Gasteiger partial charge in [0.2, 0.25) is 0 Å². The van der Waals surface area contributed by atoms with Gasteiger partial charge in [0.15, 0.2) is 9.84 Å². The van der Waals surface area contributed by atoms with Crippen LogP contribution in [0.2, 0.25) is 0 Å². The Morgan fingerprint density at radius 2 is 1.70 bits per heavy atom. The van der Waals surface area contributed by atoms with Crippen LogP contribution in [0.3, 0.4) is 0 Å². The van der Waals surface area contributed by atoms with E-state index >= 15 is 0 Å². The fourth-order valence-electron chi connectivity index (χ4n) is 3.24. The van der Waals surface area contributed by atoms with Crippen molar-refractivity contribution in [1.82, 2.24) is 9.13 Å². The molecule has 8 nitrogen and oxygen atoms in total. The van der Waals surface area contributed by atoms with Crippen molar-refractivity contribution in [1.29, 1.82) is 0 Å². The van der Waals surface area contributed by atoms with Gasteiger partial charge < -0.3 is 10.1 Å². The fourth-order valence-corrected chi connectivity index (χ4v) is 4.44. The third kappa shape index (κ3) is 3.60. The summed E-state index contributed by atoms with van der Waals surface area (Å²) < 4.78 is 34.3. The minimum atomic E-state index is -3.74. The normalized spacial score (nSPS) is 11.8.